The summed E-state index contributed by atoms with van der Waals surface area (Å²) in [5, 5.41) is 7.39. The minimum atomic E-state index is -0.184. The van der Waals surface area contributed by atoms with E-state index in [9.17, 15) is 4.79 Å². The highest BCUT2D eigenvalue weighted by Crippen LogP contribution is 2.28. The number of aromatic amines is 1. The van der Waals surface area contributed by atoms with Gasteiger partial charge in [0.2, 0.25) is 5.88 Å². The number of pyridine rings is 1. The van der Waals surface area contributed by atoms with Crippen molar-refractivity contribution >= 4 is 16.6 Å². The van der Waals surface area contributed by atoms with Crippen LogP contribution < -0.4 is 15.2 Å². The summed E-state index contributed by atoms with van der Waals surface area (Å²) >= 11 is 0. The van der Waals surface area contributed by atoms with Gasteiger partial charge >= 0.3 is 0 Å². The molecule has 33 heavy (non-hydrogen) atoms. The molecular weight excluding hydrogens is 420 g/mol. The van der Waals surface area contributed by atoms with Crippen LogP contribution in [0.3, 0.4) is 0 Å². The quantitative estimate of drug-likeness (QED) is 0.486. The Hall–Kier alpha value is -3.72. The Bertz CT molecular complexity index is 1320. The summed E-state index contributed by atoms with van der Waals surface area (Å²) in [6.45, 7) is 5.57. The number of ether oxygens (including phenoxy) is 2. The van der Waals surface area contributed by atoms with Crippen LogP contribution in [0.25, 0.3) is 22.2 Å². The van der Waals surface area contributed by atoms with Crippen LogP contribution in [0, 0.1) is 6.92 Å². The van der Waals surface area contributed by atoms with E-state index in [-0.39, 0.29) is 5.56 Å². The molecule has 170 valence electrons. The SMILES string of the molecule is Cc1n[nH]cc1CCOc1nc(-c2ccc(N3CCOCC3)cc2)cc2ncn(C)c(=O)c12. The lowest BCUT2D eigenvalue weighted by atomic mass is 10.1. The van der Waals surface area contributed by atoms with Gasteiger partial charge in [-0.2, -0.15) is 5.10 Å². The van der Waals surface area contributed by atoms with Gasteiger partial charge < -0.3 is 18.9 Å². The average molecular weight is 447 g/mol. The van der Waals surface area contributed by atoms with E-state index in [1.165, 1.54) is 10.9 Å². The number of nitrogens with zero attached hydrogens (tertiary/aromatic N) is 5. The number of rotatable bonds is 6. The van der Waals surface area contributed by atoms with Gasteiger partial charge in [-0.15, -0.1) is 0 Å². The smallest absolute Gasteiger partial charge is 0.266 e. The van der Waals surface area contributed by atoms with Gasteiger partial charge in [-0.3, -0.25) is 9.89 Å². The minimum absolute atomic E-state index is 0.184. The van der Waals surface area contributed by atoms with Gasteiger partial charge in [-0.25, -0.2) is 9.97 Å². The van der Waals surface area contributed by atoms with E-state index >= 15 is 0 Å². The summed E-state index contributed by atoms with van der Waals surface area (Å²) in [4.78, 5) is 24.3. The molecule has 5 rings (SSSR count). The number of benzene rings is 1. The zero-order valence-electron chi connectivity index (χ0n) is 18.7. The van der Waals surface area contributed by atoms with Crippen LogP contribution in [0.1, 0.15) is 11.3 Å². The van der Waals surface area contributed by atoms with Crippen LogP contribution >= 0.6 is 0 Å². The van der Waals surface area contributed by atoms with Gasteiger partial charge in [-0.1, -0.05) is 12.1 Å². The highest BCUT2D eigenvalue weighted by molar-refractivity contribution is 5.86. The first kappa shape index (κ1) is 21.1. The zero-order chi connectivity index (χ0) is 22.8. The summed E-state index contributed by atoms with van der Waals surface area (Å²) in [6, 6.07) is 10.1. The van der Waals surface area contributed by atoms with Gasteiger partial charge in [0.1, 0.15) is 5.39 Å². The number of morpholine rings is 1. The summed E-state index contributed by atoms with van der Waals surface area (Å²) in [6.07, 6.45) is 4.04. The Morgan fingerprint density at radius 1 is 1.18 bits per heavy atom. The third kappa shape index (κ3) is 4.31. The van der Waals surface area contributed by atoms with Crippen LogP contribution in [0.4, 0.5) is 5.69 Å². The number of aryl methyl sites for hydroxylation is 2. The lowest BCUT2D eigenvalue weighted by Gasteiger charge is -2.28. The topological polar surface area (TPSA) is 98.2 Å². The molecular formula is C24H26N6O3. The summed E-state index contributed by atoms with van der Waals surface area (Å²) in [7, 11) is 1.67. The molecule has 0 spiro atoms. The first-order valence-electron chi connectivity index (χ1n) is 11.0. The second-order valence-electron chi connectivity index (χ2n) is 8.11. The molecule has 1 N–H and O–H groups in total. The lowest BCUT2D eigenvalue weighted by molar-refractivity contribution is 0.122. The molecule has 1 aromatic carbocycles. The maximum atomic E-state index is 12.8. The second-order valence-corrected chi connectivity index (χ2v) is 8.11. The first-order chi connectivity index (χ1) is 16.1. The Morgan fingerprint density at radius 3 is 2.70 bits per heavy atom. The lowest BCUT2D eigenvalue weighted by Crippen LogP contribution is -2.36. The number of anilines is 1. The van der Waals surface area contributed by atoms with E-state index in [1.807, 2.05) is 31.3 Å². The van der Waals surface area contributed by atoms with Crippen molar-refractivity contribution < 1.29 is 9.47 Å². The summed E-state index contributed by atoms with van der Waals surface area (Å²) in [5.74, 6) is 0.301. The molecule has 1 saturated heterocycles. The molecule has 0 amide bonds. The fourth-order valence-corrected chi connectivity index (χ4v) is 4.00. The van der Waals surface area contributed by atoms with E-state index < -0.39 is 0 Å². The number of fused-ring (bicyclic) bond motifs is 1. The molecule has 9 nitrogen and oxygen atoms in total. The monoisotopic (exact) mass is 446 g/mol. The third-order valence-electron chi connectivity index (χ3n) is 5.95. The van der Waals surface area contributed by atoms with Crippen LogP contribution in [-0.4, -0.2) is 57.6 Å². The molecule has 0 atom stereocenters. The van der Waals surface area contributed by atoms with Crippen LogP contribution in [0.2, 0.25) is 0 Å². The standard InChI is InChI=1S/C24H26N6O3/c1-16-18(14-26-28-16)7-10-33-23-22-21(25-15-29(2)24(22)31)13-20(27-23)17-3-5-19(6-4-17)30-8-11-32-12-9-30/h3-6,13-15H,7-12H2,1-2H3,(H,26,28). The minimum Gasteiger partial charge on any atom is -0.477 e. The zero-order valence-corrected chi connectivity index (χ0v) is 18.7. The Balaban J connectivity index is 1.47. The fourth-order valence-electron chi connectivity index (χ4n) is 4.00. The Morgan fingerprint density at radius 2 is 1.97 bits per heavy atom. The Kier molecular flexibility index (Phi) is 5.78. The molecule has 4 heterocycles. The molecule has 4 aromatic rings. The molecule has 0 bridgehead atoms. The molecule has 0 radical (unpaired) electrons. The van der Waals surface area contributed by atoms with Crippen molar-refractivity contribution in [2.45, 2.75) is 13.3 Å². The Labute approximate surface area is 191 Å². The maximum Gasteiger partial charge on any atom is 0.266 e. The van der Waals surface area contributed by atoms with Crippen molar-refractivity contribution in [3.63, 3.8) is 0 Å². The number of H-pyrrole nitrogens is 1. The van der Waals surface area contributed by atoms with E-state index in [4.69, 9.17) is 14.5 Å². The summed E-state index contributed by atoms with van der Waals surface area (Å²) < 4.78 is 12.9. The number of hydrogen-bond acceptors (Lipinski definition) is 7. The highest BCUT2D eigenvalue weighted by atomic mass is 16.5. The molecule has 0 aliphatic carbocycles. The predicted molar refractivity (Wildman–Crippen MR) is 126 cm³/mol. The van der Waals surface area contributed by atoms with Crippen molar-refractivity contribution in [3.8, 4) is 17.1 Å². The van der Waals surface area contributed by atoms with E-state index in [1.54, 1.807) is 7.05 Å². The van der Waals surface area contributed by atoms with Gasteiger partial charge in [0, 0.05) is 44.0 Å². The molecule has 9 heteroatoms. The van der Waals surface area contributed by atoms with Crippen molar-refractivity contribution in [2.24, 2.45) is 7.05 Å². The number of aromatic nitrogens is 5. The van der Waals surface area contributed by atoms with Gasteiger partial charge in [0.05, 0.1) is 43.1 Å². The molecule has 0 saturated carbocycles. The van der Waals surface area contributed by atoms with Crippen LogP contribution in [0.15, 0.2) is 47.7 Å². The van der Waals surface area contributed by atoms with Crippen molar-refractivity contribution in [1.29, 1.82) is 0 Å². The van der Waals surface area contributed by atoms with E-state index in [0.29, 0.717) is 35.5 Å². The molecule has 1 aliphatic rings. The molecule has 1 aliphatic heterocycles. The fraction of sp³-hybridized carbons (Fsp3) is 0.333. The average Bonchev–Trinajstić information content (AvgIpc) is 3.26. The highest BCUT2D eigenvalue weighted by Gasteiger charge is 2.16. The molecule has 3 aromatic heterocycles. The van der Waals surface area contributed by atoms with E-state index in [2.05, 4.69) is 32.2 Å². The third-order valence-corrected chi connectivity index (χ3v) is 5.95. The van der Waals surface area contributed by atoms with Gasteiger partial charge in [-0.05, 0) is 30.7 Å². The largest absolute Gasteiger partial charge is 0.477 e. The van der Waals surface area contributed by atoms with Gasteiger partial charge in [0.25, 0.3) is 5.56 Å². The van der Waals surface area contributed by atoms with Crippen LogP contribution in [-0.2, 0) is 18.2 Å². The van der Waals surface area contributed by atoms with E-state index in [0.717, 1.165) is 48.8 Å². The first-order valence-corrected chi connectivity index (χ1v) is 11.0. The summed E-state index contributed by atoms with van der Waals surface area (Å²) in [5.41, 5.74) is 5.19. The molecule has 1 fully saturated rings. The van der Waals surface area contributed by atoms with Crippen molar-refractivity contribution in [3.05, 3.63) is 64.5 Å². The van der Waals surface area contributed by atoms with Crippen LogP contribution in [0.5, 0.6) is 5.88 Å². The number of hydrogen-bond donors (Lipinski definition) is 1. The maximum absolute atomic E-state index is 12.8. The van der Waals surface area contributed by atoms with Gasteiger partial charge in [0.15, 0.2) is 0 Å². The number of nitrogens with one attached hydrogen (secondary N) is 1. The van der Waals surface area contributed by atoms with Crippen molar-refractivity contribution in [1.82, 2.24) is 24.7 Å². The second kappa shape index (κ2) is 9.03. The van der Waals surface area contributed by atoms with Crippen molar-refractivity contribution in [2.75, 3.05) is 37.8 Å². The predicted octanol–water partition coefficient (Wildman–Crippen LogP) is 2.49. The molecule has 0 unspecified atom stereocenters. The normalized spacial score (nSPS) is 14.1.